The van der Waals surface area contributed by atoms with Crippen LogP contribution in [0.3, 0.4) is 0 Å². The number of halogens is 1. The fourth-order valence-corrected chi connectivity index (χ4v) is 4.19. The molecule has 1 unspecified atom stereocenters. The van der Waals surface area contributed by atoms with Crippen molar-refractivity contribution in [2.75, 3.05) is 32.0 Å². The van der Waals surface area contributed by atoms with Gasteiger partial charge in [-0.3, -0.25) is 0 Å². The molecule has 1 atom stereocenters. The summed E-state index contributed by atoms with van der Waals surface area (Å²) >= 11 is 5.78. The van der Waals surface area contributed by atoms with Crippen molar-refractivity contribution in [3.05, 3.63) is 29.3 Å². The van der Waals surface area contributed by atoms with Gasteiger partial charge < -0.3 is 10.0 Å². The van der Waals surface area contributed by atoms with Crippen molar-refractivity contribution >= 4 is 21.4 Å². The summed E-state index contributed by atoms with van der Waals surface area (Å²) in [6.45, 7) is 2.59. The molecule has 1 aromatic carbocycles. The van der Waals surface area contributed by atoms with Gasteiger partial charge in [0.15, 0.2) is 9.84 Å². The first-order valence-electron chi connectivity index (χ1n) is 7.33. The molecule has 4 nitrogen and oxygen atoms in total. The molecule has 6 heteroatoms. The molecule has 0 bridgehead atoms. The summed E-state index contributed by atoms with van der Waals surface area (Å²) in [4.78, 5) is 2.52. The molecular weight excluding hydrogens is 310 g/mol. The second kappa shape index (κ2) is 7.58. The van der Waals surface area contributed by atoms with E-state index in [0.29, 0.717) is 22.4 Å². The highest BCUT2D eigenvalue weighted by molar-refractivity contribution is 7.91. The van der Waals surface area contributed by atoms with Crippen LogP contribution in [0.25, 0.3) is 0 Å². The van der Waals surface area contributed by atoms with Gasteiger partial charge in [-0.15, -0.1) is 0 Å². The van der Waals surface area contributed by atoms with Crippen LogP contribution in [0.1, 0.15) is 19.3 Å². The second-order valence-electron chi connectivity index (χ2n) is 5.59. The summed E-state index contributed by atoms with van der Waals surface area (Å²) in [6.07, 6.45) is 3.01. The molecule has 21 heavy (non-hydrogen) atoms. The zero-order valence-electron chi connectivity index (χ0n) is 12.0. The van der Waals surface area contributed by atoms with Gasteiger partial charge in [0.25, 0.3) is 0 Å². The van der Waals surface area contributed by atoms with Crippen LogP contribution in [0.4, 0.5) is 0 Å². The number of hydrogen-bond acceptors (Lipinski definition) is 4. The lowest BCUT2D eigenvalue weighted by atomic mass is 9.95. The number of aliphatic hydroxyl groups excluding tert-OH is 1. The highest BCUT2D eigenvalue weighted by Gasteiger charge is 2.22. The second-order valence-corrected chi connectivity index (χ2v) is 8.14. The van der Waals surface area contributed by atoms with E-state index in [-0.39, 0.29) is 12.4 Å². The van der Waals surface area contributed by atoms with Crippen molar-refractivity contribution in [3.8, 4) is 0 Å². The third-order valence-corrected chi connectivity index (χ3v) is 5.95. The number of nitrogens with zero attached hydrogens (tertiary/aromatic N) is 1. The van der Waals surface area contributed by atoms with E-state index in [2.05, 4.69) is 4.90 Å². The molecule has 0 aliphatic carbocycles. The Hall–Kier alpha value is -0.620. The topological polar surface area (TPSA) is 57.6 Å². The Morgan fingerprint density at radius 2 is 2.00 bits per heavy atom. The van der Waals surface area contributed by atoms with Crippen molar-refractivity contribution in [2.45, 2.75) is 24.2 Å². The lowest BCUT2D eigenvalue weighted by molar-refractivity contribution is 0.154. The van der Waals surface area contributed by atoms with Crippen molar-refractivity contribution in [1.82, 2.24) is 4.90 Å². The molecule has 1 aromatic rings. The van der Waals surface area contributed by atoms with Crippen LogP contribution in [0.5, 0.6) is 0 Å². The highest BCUT2D eigenvalue weighted by atomic mass is 35.5. The zero-order valence-corrected chi connectivity index (χ0v) is 13.6. The van der Waals surface area contributed by atoms with Crippen molar-refractivity contribution in [3.63, 3.8) is 0 Å². The van der Waals surface area contributed by atoms with Gasteiger partial charge in [-0.05, 0) is 56.0 Å². The summed E-state index contributed by atoms with van der Waals surface area (Å²) in [5.41, 5.74) is 0. The SMILES string of the molecule is O=S(=O)(CCN1CCCC(CCO)C1)c1ccc(Cl)cc1. The van der Waals surface area contributed by atoms with E-state index < -0.39 is 9.84 Å². The maximum absolute atomic E-state index is 12.3. The lowest BCUT2D eigenvalue weighted by Gasteiger charge is -2.32. The Kier molecular flexibility index (Phi) is 6.05. The van der Waals surface area contributed by atoms with Crippen molar-refractivity contribution in [2.24, 2.45) is 5.92 Å². The zero-order chi connectivity index (χ0) is 15.3. The molecule has 2 rings (SSSR count). The van der Waals surface area contributed by atoms with E-state index in [1.54, 1.807) is 24.3 Å². The van der Waals surface area contributed by atoms with Gasteiger partial charge in [0.05, 0.1) is 10.6 Å². The van der Waals surface area contributed by atoms with Crippen LogP contribution < -0.4 is 0 Å². The molecule has 1 saturated heterocycles. The number of sulfone groups is 1. The first-order chi connectivity index (χ1) is 10.0. The number of hydrogen-bond donors (Lipinski definition) is 1. The Balaban J connectivity index is 1.91. The Morgan fingerprint density at radius 3 is 2.67 bits per heavy atom. The fourth-order valence-electron chi connectivity index (χ4n) is 2.78. The van der Waals surface area contributed by atoms with E-state index in [1.807, 2.05) is 0 Å². The number of rotatable bonds is 6. The third kappa shape index (κ3) is 4.95. The molecular formula is C15H22ClNO3S. The van der Waals surface area contributed by atoms with Crippen molar-refractivity contribution in [1.29, 1.82) is 0 Å². The van der Waals surface area contributed by atoms with Gasteiger partial charge in [-0.25, -0.2) is 8.42 Å². The van der Waals surface area contributed by atoms with E-state index in [4.69, 9.17) is 16.7 Å². The van der Waals surface area contributed by atoms with Gasteiger partial charge in [0.1, 0.15) is 0 Å². The molecule has 0 amide bonds. The average molecular weight is 332 g/mol. The summed E-state index contributed by atoms with van der Waals surface area (Å²) in [5.74, 6) is 0.613. The van der Waals surface area contributed by atoms with Crippen LogP contribution >= 0.6 is 11.6 Å². The minimum atomic E-state index is -3.26. The average Bonchev–Trinajstić information content (AvgIpc) is 2.47. The largest absolute Gasteiger partial charge is 0.396 e. The van der Waals surface area contributed by atoms with Crippen molar-refractivity contribution < 1.29 is 13.5 Å². The Morgan fingerprint density at radius 1 is 1.29 bits per heavy atom. The lowest BCUT2D eigenvalue weighted by Crippen LogP contribution is -2.38. The summed E-state index contributed by atoms with van der Waals surface area (Å²) in [6, 6.07) is 6.32. The molecule has 1 N–H and O–H groups in total. The maximum atomic E-state index is 12.3. The molecule has 1 heterocycles. The normalized spacial score (nSPS) is 20.6. The first-order valence-corrected chi connectivity index (χ1v) is 9.36. The number of piperidine rings is 1. The molecule has 118 valence electrons. The Bertz CT molecular complexity index is 543. The molecule has 0 aromatic heterocycles. The number of aliphatic hydroxyl groups is 1. The Labute approximate surface area is 131 Å². The molecule has 1 fully saturated rings. The minimum Gasteiger partial charge on any atom is -0.396 e. The number of benzene rings is 1. The van der Waals surface area contributed by atoms with Crippen LogP contribution in [0, 0.1) is 5.92 Å². The van der Waals surface area contributed by atoms with Crippen LogP contribution in [-0.2, 0) is 9.84 Å². The van der Waals surface area contributed by atoms with Crippen LogP contribution in [-0.4, -0.2) is 50.4 Å². The van der Waals surface area contributed by atoms with E-state index in [0.717, 1.165) is 32.4 Å². The smallest absolute Gasteiger partial charge is 0.179 e. The minimum absolute atomic E-state index is 0.125. The predicted molar refractivity (Wildman–Crippen MR) is 84.4 cm³/mol. The van der Waals surface area contributed by atoms with Gasteiger partial charge in [-0.2, -0.15) is 0 Å². The van der Waals surface area contributed by atoms with Gasteiger partial charge in [0, 0.05) is 24.7 Å². The quantitative estimate of drug-likeness (QED) is 0.868. The third-order valence-electron chi connectivity index (χ3n) is 3.99. The molecule has 1 aliphatic heterocycles. The van der Waals surface area contributed by atoms with E-state index in [1.165, 1.54) is 0 Å². The molecule has 1 aliphatic rings. The fraction of sp³-hybridized carbons (Fsp3) is 0.600. The van der Waals surface area contributed by atoms with Gasteiger partial charge in [-0.1, -0.05) is 11.6 Å². The van der Waals surface area contributed by atoms with Crippen LogP contribution in [0.2, 0.25) is 5.02 Å². The van der Waals surface area contributed by atoms with Gasteiger partial charge >= 0.3 is 0 Å². The summed E-state index contributed by atoms with van der Waals surface area (Å²) in [7, 11) is -3.26. The molecule has 0 spiro atoms. The predicted octanol–water partition coefficient (Wildman–Crippen LogP) is 2.21. The monoisotopic (exact) mass is 331 g/mol. The summed E-state index contributed by atoms with van der Waals surface area (Å²) in [5, 5.41) is 9.55. The molecule has 0 saturated carbocycles. The molecule has 0 radical (unpaired) electrons. The van der Waals surface area contributed by atoms with Crippen LogP contribution in [0.15, 0.2) is 29.2 Å². The first kappa shape index (κ1) is 16.7. The number of likely N-dealkylation sites (tertiary alicyclic amines) is 1. The highest BCUT2D eigenvalue weighted by Crippen LogP contribution is 2.20. The maximum Gasteiger partial charge on any atom is 0.179 e. The summed E-state index contributed by atoms with van der Waals surface area (Å²) < 4.78 is 24.6. The van der Waals surface area contributed by atoms with Gasteiger partial charge in [0.2, 0.25) is 0 Å². The van der Waals surface area contributed by atoms with E-state index >= 15 is 0 Å². The standard InChI is InChI=1S/C15H22ClNO3S/c16-14-3-5-15(6-4-14)21(19,20)11-9-17-8-1-2-13(12-17)7-10-18/h3-6,13,18H,1-2,7-12H2. The van der Waals surface area contributed by atoms with E-state index in [9.17, 15) is 8.42 Å².